The minimum atomic E-state index is -1.87. The first kappa shape index (κ1) is 23.9. The second kappa shape index (κ2) is 9.68. The van der Waals surface area contributed by atoms with Crippen molar-refractivity contribution < 1.29 is 18.3 Å². The van der Waals surface area contributed by atoms with Gasteiger partial charge in [0.2, 0.25) is 5.95 Å². The molecular formula is C26H33F2N5O2. The van der Waals surface area contributed by atoms with Crippen molar-refractivity contribution in [3.63, 3.8) is 0 Å². The minimum Gasteiger partial charge on any atom is -0.486 e. The molecule has 1 atom stereocenters. The van der Waals surface area contributed by atoms with Crippen LogP contribution in [0.25, 0.3) is 0 Å². The Morgan fingerprint density at radius 2 is 1.71 bits per heavy atom. The van der Waals surface area contributed by atoms with E-state index in [0.29, 0.717) is 30.7 Å². The van der Waals surface area contributed by atoms with E-state index in [9.17, 15) is 9.18 Å². The third-order valence-corrected chi connectivity index (χ3v) is 8.01. The van der Waals surface area contributed by atoms with Crippen LogP contribution in [-0.2, 0) is 11.4 Å². The van der Waals surface area contributed by atoms with Gasteiger partial charge < -0.3 is 19.9 Å². The molecule has 1 amide bonds. The fourth-order valence-corrected chi connectivity index (χ4v) is 5.51. The number of piperidine rings is 2. The number of benzene rings is 1. The van der Waals surface area contributed by atoms with Gasteiger partial charge in [0.1, 0.15) is 12.4 Å². The summed E-state index contributed by atoms with van der Waals surface area (Å²) >= 11 is 0. The van der Waals surface area contributed by atoms with Gasteiger partial charge in [0.05, 0.1) is 12.4 Å². The van der Waals surface area contributed by atoms with Gasteiger partial charge in [-0.2, -0.15) is 0 Å². The third kappa shape index (κ3) is 5.24. The lowest BCUT2D eigenvalue weighted by Crippen LogP contribution is -2.59. The van der Waals surface area contributed by atoms with Crippen LogP contribution in [0.2, 0.25) is 0 Å². The second-order valence-corrected chi connectivity index (χ2v) is 10.3. The molecule has 7 nitrogen and oxygen atoms in total. The molecule has 0 saturated carbocycles. The Labute approximate surface area is 204 Å². The highest BCUT2D eigenvalue weighted by Gasteiger charge is 2.47. The summed E-state index contributed by atoms with van der Waals surface area (Å²) in [5.41, 5.74) is -1.37. The lowest BCUT2D eigenvalue weighted by Gasteiger charge is -2.41. The van der Waals surface area contributed by atoms with Crippen LogP contribution in [0.4, 0.5) is 14.7 Å². The summed E-state index contributed by atoms with van der Waals surface area (Å²) < 4.78 is 34.4. The number of carbonyl (C=O) groups is 1. The maximum absolute atomic E-state index is 15.7. The van der Waals surface area contributed by atoms with Gasteiger partial charge in [-0.3, -0.25) is 4.79 Å². The van der Waals surface area contributed by atoms with Crippen LogP contribution in [0.1, 0.15) is 44.6 Å². The average Bonchev–Trinajstić information content (AvgIpc) is 3.13. The highest BCUT2D eigenvalue weighted by Crippen LogP contribution is 2.37. The van der Waals surface area contributed by atoms with Crippen molar-refractivity contribution in [3.8, 4) is 5.75 Å². The van der Waals surface area contributed by atoms with Crippen LogP contribution in [0.5, 0.6) is 5.75 Å². The van der Waals surface area contributed by atoms with E-state index in [0.717, 1.165) is 44.5 Å². The van der Waals surface area contributed by atoms with Crippen molar-refractivity contribution in [1.29, 1.82) is 0 Å². The highest BCUT2D eigenvalue weighted by atomic mass is 19.1. The summed E-state index contributed by atoms with van der Waals surface area (Å²) in [6.07, 6.45) is 6.36. The molecule has 1 N–H and O–H groups in total. The molecule has 0 aliphatic carbocycles. The summed E-state index contributed by atoms with van der Waals surface area (Å²) in [6, 6.07) is 6.10. The second-order valence-electron chi connectivity index (χ2n) is 10.3. The van der Waals surface area contributed by atoms with Crippen molar-refractivity contribution in [2.75, 3.05) is 37.6 Å². The Morgan fingerprint density at radius 3 is 2.37 bits per heavy atom. The zero-order valence-electron chi connectivity index (χ0n) is 20.2. The molecule has 0 radical (unpaired) electrons. The lowest BCUT2D eigenvalue weighted by molar-refractivity contribution is -0.137. The SMILES string of the molecule is CC1(NC(=O)C2(F)CCN(c3ncc(OCc4ccc(F)cc4)cn3)CC2)CCN2CCC1CC2. The van der Waals surface area contributed by atoms with E-state index in [1.807, 2.05) is 4.90 Å². The number of amides is 1. The van der Waals surface area contributed by atoms with Crippen LogP contribution in [0, 0.1) is 11.7 Å². The highest BCUT2D eigenvalue weighted by molar-refractivity contribution is 5.86. The number of alkyl halides is 1. The molecule has 4 aliphatic heterocycles. The molecular weight excluding hydrogens is 452 g/mol. The summed E-state index contributed by atoms with van der Waals surface area (Å²) in [4.78, 5) is 26.2. The Morgan fingerprint density at radius 1 is 1.06 bits per heavy atom. The van der Waals surface area contributed by atoms with E-state index in [1.54, 1.807) is 24.5 Å². The standard InChI is InChI=1S/C26H33F2N5O2/c1-25(8-13-32-11-6-20(25)7-12-32)31-23(34)26(28)9-14-33(15-10-26)24-29-16-22(17-30-24)35-18-19-2-4-21(27)5-3-19/h2-5,16-17,20H,6-15,18H2,1H3,(H,31,34). The van der Waals surface area contributed by atoms with E-state index < -0.39 is 11.6 Å². The maximum Gasteiger partial charge on any atom is 0.258 e. The van der Waals surface area contributed by atoms with E-state index in [4.69, 9.17) is 4.74 Å². The molecule has 4 fully saturated rings. The van der Waals surface area contributed by atoms with Gasteiger partial charge in [-0.15, -0.1) is 0 Å². The van der Waals surface area contributed by atoms with E-state index in [-0.39, 0.29) is 30.8 Å². The van der Waals surface area contributed by atoms with Gasteiger partial charge in [-0.1, -0.05) is 12.1 Å². The quantitative estimate of drug-likeness (QED) is 0.676. The van der Waals surface area contributed by atoms with Gasteiger partial charge >= 0.3 is 0 Å². The summed E-state index contributed by atoms with van der Waals surface area (Å²) in [5.74, 6) is 0.637. The fourth-order valence-electron chi connectivity index (χ4n) is 5.51. The van der Waals surface area contributed by atoms with Crippen molar-refractivity contribution in [1.82, 2.24) is 20.2 Å². The topological polar surface area (TPSA) is 70.6 Å². The summed E-state index contributed by atoms with van der Waals surface area (Å²) in [6.45, 7) is 6.22. The number of hydrogen-bond acceptors (Lipinski definition) is 6. The number of anilines is 1. The molecule has 0 spiro atoms. The van der Waals surface area contributed by atoms with Crippen LogP contribution < -0.4 is 15.0 Å². The van der Waals surface area contributed by atoms with Crippen LogP contribution in [0.3, 0.4) is 0 Å². The number of hydrogen-bond donors (Lipinski definition) is 1. The number of rotatable bonds is 6. The molecule has 6 rings (SSSR count). The largest absolute Gasteiger partial charge is 0.486 e. The third-order valence-electron chi connectivity index (χ3n) is 8.01. The number of carbonyl (C=O) groups excluding carboxylic acids is 1. The molecule has 1 aromatic carbocycles. The Kier molecular flexibility index (Phi) is 6.61. The number of halogens is 2. The molecule has 2 bridgehead atoms. The van der Waals surface area contributed by atoms with Gasteiger partial charge in [0.25, 0.3) is 5.91 Å². The number of aromatic nitrogens is 2. The monoisotopic (exact) mass is 485 g/mol. The zero-order valence-corrected chi connectivity index (χ0v) is 20.2. The molecule has 4 saturated heterocycles. The van der Waals surface area contributed by atoms with Gasteiger partial charge in [0.15, 0.2) is 11.4 Å². The summed E-state index contributed by atoms with van der Waals surface area (Å²) in [7, 11) is 0. The maximum atomic E-state index is 15.7. The molecule has 1 aromatic heterocycles. The van der Waals surface area contributed by atoms with E-state index in [1.165, 1.54) is 12.1 Å². The molecule has 188 valence electrons. The lowest BCUT2D eigenvalue weighted by atomic mass is 9.78. The summed E-state index contributed by atoms with van der Waals surface area (Å²) in [5, 5.41) is 3.14. The average molecular weight is 486 g/mol. The molecule has 4 aliphatic rings. The normalized spacial score (nSPS) is 27.8. The molecule has 35 heavy (non-hydrogen) atoms. The molecule has 5 heterocycles. The first-order valence-electron chi connectivity index (χ1n) is 12.5. The van der Waals surface area contributed by atoms with Crippen molar-refractivity contribution >= 4 is 11.9 Å². The van der Waals surface area contributed by atoms with Crippen LogP contribution in [-0.4, -0.2) is 64.7 Å². The molecule has 2 aromatic rings. The van der Waals surface area contributed by atoms with Gasteiger partial charge in [-0.25, -0.2) is 18.7 Å². The number of nitrogens with zero attached hydrogens (tertiary/aromatic N) is 4. The predicted octanol–water partition coefficient (Wildman–Crippen LogP) is 3.49. The van der Waals surface area contributed by atoms with Crippen LogP contribution >= 0.6 is 0 Å². The first-order chi connectivity index (χ1) is 16.8. The van der Waals surface area contributed by atoms with Gasteiger partial charge in [0, 0.05) is 38.0 Å². The Balaban J connectivity index is 1.14. The van der Waals surface area contributed by atoms with E-state index in [2.05, 4.69) is 27.1 Å². The Hall–Kier alpha value is -2.81. The van der Waals surface area contributed by atoms with Crippen molar-refractivity contribution in [2.45, 2.75) is 56.8 Å². The number of nitrogens with one attached hydrogen (secondary N) is 1. The Bertz CT molecular complexity index is 1020. The van der Waals surface area contributed by atoms with E-state index >= 15 is 4.39 Å². The fraction of sp³-hybridized carbons (Fsp3) is 0.577. The smallest absolute Gasteiger partial charge is 0.258 e. The molecule has 1 unspecified atom stereocenters. The van der Waals surface area contributed by atoms with Gasteiger partial charge in [-0.05, 0) is 62.9 Å². The van der Waals surface area contributed by atoms with Crippen LogP contribution in [0.15, 0.2) is 36.7 Å². The minimum absolute atomic E-state index is 0.109. The first-order valence-corrected chi connectivity index (χ1v) is 12.5. The predicted molar refractivity (Wildman–Crippen MR) is 128 cm³/mol. The number of ether oxygens (including phenoxy) is 1. The zero-order chi connectivity index (χ0) is 24.5. The number of fused-ring (bicyclic) bond motifs is 4. The van der Waals surface area contributed by atoms with Crippen molar-refractivity contribution in [2.24, 2.45) is 5.92 Å². The van der Waals surface area contributed by atoms with Crippen molar-refractivity contribution in [3.05, 3.63) is 48.0 Å². The molecule has 9 heteroatoms.